The van der Waals surface area contributed by atoms with Crippen molar-refractivity contribution in [3.63, 3.8) is 0 Å². The molecule has 1 heterocycles. The molecule has 1 N–H and O–H groups in total. The highest BCUT2D eigenvalue weighted by Crippen LogP contribution is 2.75. The summed E-state index contributed by atoms with van der Waals surface area (Å²) in [7, 11) is 1.35. The summed E-state index contributed by atoms with van der Waals surface area (Å²) in [6, 6.07) is 0. The number of carbonyl (C=O) groups excluding carboxylic acids is 2. The molecule has 6 rings (SSSR count). The summed E-state index contributed by atoms with van der Waals surface area (Å²) < 4.78 is 12.7. The van der Waals surface area contributed by atoms with E-state index in [2.05, 4.69) is 51.9 Å². The molecule has 0 radical (unpaired) electrons. The Morgan fingerprint density at radius 1 is 1.00 bits per heavy atom. The molecule has 4 fully saturated rings. The number of allylic oxidation sites excluding steroid dienone is 2. The van der Waals surface area contributed by atoms with Gasteiger partial charge in [0, 0.05) is 5.92 Å². The minimum Gasteiger partial charge on any atom is -0.481 e. The van der Waals surface area contributed by atoms with E-state index >= 15 is 0 Å². The van der Waals surface area contributed by atoms with Crippen molar-refractivity contribution in [2.24, 2.45) is 50.2 Å². The molecular formula is C36H53N3O6. The van der Waals surface area contributed by atoms with E-state index in [4.69, 9.17) is 9.47 Å². The second-order valence-electron chi connectivity index (χ2n) is 17.2. The largest absolute Gasteiger partial charge is 0.481 e. The zero-order chi connectivity index (χ0) is 32.8. The van der Waals surface area contributed by atoms with Crippen molar-refractivity contribution in [1.82, 2.24) is 15.0 Å². The van der Waals surface area contributed by atoms with Gasteiger partial charge in [-0.15, -0.1) is 5.10 Å². The Morgan fingerprint density at radius 3 is 2.40 bits per heavy atom. The lowest BCUT2D eigenvalue weighted by atomic mass is 9.33. The average molecular weight is 624 g/mol. The van der Waals surface area contributed by atoms with Crippen LogP contribution in [0, 0.1) is 50.2 Å². The van der Waals surface area contributed by atoms with Crippen LogP contribution in [0.15, 0.2) is 17.8 Å². The van der Waals surface area contributed by atoms with Gasteiger partial charge in [-0.1, -0.05) is 52.3 Å². The number of carbonyl (C=O) groups is 3. The van der Waals surface area contributed by atoms with Crippen LogP contribution in [0.2, 0.25) is 0 Å². The van der Waals surface area contributed by atoms with E-state index in [0.717, 1.165) is 44.9 Å². The van der Waals surface area contributed by atoms with Gasteiger partial charge in [0.1, 0.15) is 12.2 Å². The zero-order valence-corrected chi connectivity index (χ0v) is 28.6. The van der Waals surface area contributed by atoms with E-state index in [1.54, 1.807) is 6.20 Å². The van der Waals surface area contributed by atoms with Crippen molar-refractivity contribution in [2.75, 3.05) is 7.11 Å². The van der Waals surface area contributed by atoms with Crippen LogP contribution in [0.1, 0.15) is 112 Å². The van der Waals surface area contributed by atoms with Gasteiger partial charge in [-0.25, -0.2) is 4.68 Å². The molecule has 5 aliphatic rings. The van der Waals surface area contributed by atoms with Crippen molar-refractivity contribution < 1.29 is 29.0 Å². The predicted octanol–water partition coefficient (Wildman–Crippen LogP) is 6.40. The van der Waals surface area contributed by atoms with Gasteiger partial charge in [0.25, 0.3) is 0 Å². The monoisotopic (exact) mass is 623 g/mol. The van der Waals surface area contributed by atoms with E-state index in [0.29, 0.717) is 31.1 Å². The Labute approximate surface area is 267 Å². The van der Waals surface area contributed by atoms with Gasteiger partial charge in [-0.05, 0) is 110 Å². The SMILES string of the molecule is COC(=O)Cn1cc(CO[C@H]2CC[C@]3(C)[C@H]4C(=O)C=C5[C@@H]6C[C@@](C)(C(=O)O)CC[C@]6(C)CC[C@@]5(C)[C@]4(C)CC[C@H]3C2(C)C)nn1. The van der Waals surface area contributed by atoms with E-state index in [1.807, 2.05) is 13.0 Å². The number of carboxylic acids is 1. The number of methoxy groups -OCH3 is 1. The highest BCUT2D eigenvalue weighted by molar-refractivity contribution is 5.95. The van der Waals surface area contributed by atoms with Crippen molar-refractivity contribution in [3.05, 3.63) is 23.5 Å². The summed E-state index contributed by atoms with van der Waals surface area (Å²) in [6.07, 6.45) is 11.9. The normalized spacial score (nSPS) is 43.6. The third-order valence-corrected chi connectivity index (χ3v) is 14.6. The number of carboxylic acid groups (broad SMARTS) is 1. The van der Waals surface area contributed by atoms with Gasteiger partial charge < -0.3 is 14.6 Å². The summed E-state index contributed by atoms with van der Waals surface area (Å²) in [5.41, 5.74) is 0.612. The van der Waals surface area contributed by atoms with Crippen molar-refractivity contribution in [2.45, 2.75) is 126 Å². The Balaban J connectivity index is 1.26. The third-order valence-electron chi connectivity index (χ3n) is 14.6. The first-order chi connectivity index (χ1) is 20.9. The molecular weight excluding hydrogens is 570 g/mol. The Morgan fingerprint density at radius 2 is 1.71 bits per heavy atom. The number of rotatable bonds is 6. The van der Waals surface area contributed by atoms with E-state index in [9.17, 15) is 19.5 Å². The highest BCUT2D eigenvalue weighted by atomic mass is 16.5. The smallest absolute Gasteiger partial charge is 0.327 e. The van der Waals surface area contributed by atoms with E-state index in [-0.39, 0.29) is 63.3 Å². The van der Waals surface area contributed by atoms with Gasteiger partial charge in [-0.3, -0.25) is 14.4 Å². The molecule has 0 saturated heterocycles. The summed E-state index contributed by atoms with van der Waals surface area (Å²) in [4.78, 5) is 38.6. The number of ether oxygens (including phenoxy) is 2. The number of aromatic nitrogens is 3. The highest BCUT2D eigenvalue weighted by Gasteiger charge is 2.70. The zero-order valence-electron chi connectivity index (χ0n) is 28.6. The maximum Gasteiger partial charge on any atom is 0.327 e. The van der Waals surface area contributed by atoms with Crippen LogP contribution in [-0.4, -0.2) is 51.0 Å². The number of nitrogens with zero attached hydrogens (tertiary/aromatic N) is 3. The van der Waals surface area contributed by atoms with Gasteiger partial charge >= 0.3 is 11.9 Å². The van der Waals surface area contributed by atoms with Crippen LogP contribution in [0.3, 0.4) is 0 Å². The Kier molecular flexibility index (Phi) is 7.54. The van der Waals surface area contributed by atoms with Gasteiger partial charge in [0.15, 0.2) is 5.78 Å². The Hall–Kier alpha value is -2.55. The molecule has 5 aliphatic carbocycles. The summed E-state index contributed by atoms with van der Waals surface area (Å²) in [5, 5.41) is 18.4. The first-order valence-corrected chi connectivity index (χ1v) is 17.0. The molecule has 4 saturated carbocycles. The second kappa shape index (κ2) is 10.5. The summed E-state index contributed by atoms with van der Waals surface area (Å²) >= 11 is 0. The maximum absolute atomic E-state index is 14.6. The summed E-state index contributed by atoms with van der Waals surface area (Å²) in [5.74, 6) is -0.445. The van der Waals surface area contributed by atoms with Gasteiger partial charge in [-0.2, -0.15) is 0 Å². The topological polar surface area (TPSA) is 121 Å². The van der Waals surface area contributed by atoms with E-state index < -0.39 is 11.4 Å². The van der Waals surface area contributed by atoms with Crippen LogP contribution in [0.4, 0.5) is 0 Å². The molecule has 9 atom stereocenters. The quantitative estimate of drug-likeness (QED) is 0.362. The van der Waals surface area contributed by atoms with Crippen LogP contribution < -0.4 is 0 Å². The number of esters is 1. The minimum absolute atomic E-state index is 0.0115. The number of hydrogen-bond acceptors (Lipinski definition) is 7. The summed E-state index contributed by atoms with van der Waals surface area (Å²) in [6.45, 7) is 16.4. The lowest BCUT2D eigenvalue weighted by molar-refractivity contribution is -0.211. The molecule has 248 valence electrons. The average Bonchev–Trinajstić information content (AvgIpc) is 3.41. The van der Waals surface area contributed by atoms with Crippen molar-refractivity contribution in [3.8, 4) is 0 Å². The second-order valence-corrected chi connectivity index (χ2v) is 17.2. The van der Waals surface area contributed by atoms with E-state index in [1.165, 1.54) is 17.4 Å². The van der Waals surface area contributed by atoms with Crippen molar-refractivity contribution >= 4 is 17.7 Å². The molecule has 0 aromatic carbocycles. The number of aliphatic carboxylic acids is 1. The maximum atomic E-state index is 14.6. The fourth-order valence-electron chi connectivity index (χ4n) is 11.5. The predicted molar refractivity (Wildman–Crippen MR) is 168 cm³/mol. The standard InChI is InChI=1S/C36H53N3O6/c1-31(2)26-9-12-36(7)29(34(26,5)11-10-27(31)45-21-22-19-39(38-37-22)20-28(41)44-8)25(40)17-23-24-18-33(4,30(42)43)14-13-32(24,3)15-16-35(23,36)6/h17,19,24,26-27,29H,9-16,18,20-21H2,1-8H3,(H,42,43)/t24-,26-,27-,29+,32+,33-,34-,35+,36+/m0/s1. The first kappa shape index (κ1) is 32.4. The van der Waals surface area contributed by atoms with Crippen LogP contribution >= 0.6 is 0 Å². The molecule has 0 amide bonds. The number of ketones is 1. The molecule has 1 aromatic heterocycles. The molecule has 0 spiro atoms. The first-order valence-electron chi connectivity index (χ1n) is 17.0. The van der Waals surface area contributed by atoms with Crippen LogP contribution in [0.25, 0.3) is 0 Å². The third kappa shape index (κ3) is 4.68. The van der Waals surface area contributed by atoms with Crippen LogP contribution in [0.5, 0.6) is 0 Å². The Bertz CT molecular complexity index is 1430. The molecule has 0 aliphatic heterocycles. The molecule has 0 bridgehead atoms. The molecule has 45 heavy (non-hydrogen) atoms. The molecule has 9 heteroatoms. The lowest BCUT2D eigenvalue weighted by Gasteiger charge is -2.70. The number of hydrogen-bond donors (Lipinski definition) is 1. The molecule has 0 unspecified atom stereocenters. The fraction of sp³-hybridized carbons (Fsp3) is 0.806. The minimum atomic E-state index is -0.744. The molecule has 1 aromatic rings. The number of fused-ring (bicyclic) bond motifs is 7. The fourth-order valence-corrected chi connectivity index (χ4v) is 11.5. The molecule has 9 nitrogen and oxygen atoms in total. The van der Waals surface area contributed by atoms with Gasteiger partial charge in [0.05, 0.1) is 31.4 Å². The van der Waals surface area contributed by atoms with Crippen molar-refractivity contribution in [1.29, 1.82) is 0 Å². The lowest BCUT2D eigenvalue weighted by Crippen LogP contribution is -2.66. The van der Waals surface area contributed by atoms with Gasteiger partial charge in [0.2, 0.25) is 0 Å². The van der Waals surface area contributed by atoms with Crippen LogP contribution in [-0.2, 0) is 37.0 Å².